The van der Waals surface area contributed by atoms with E-state index in [4.69, 9.17) is 15.2 Å². The molecule has 0 aromatic heterocycles. The number of benzene rings is 2. The molecule has 1 atom stereocenters. The van der Waals surface area contributed by atoms with Gasteiger partial charge in [-0.2, -0.15) is 0 Å². The number of unbranched alkanes of at least 4 members (excludes halogenated alkanes) is 1. The summed E-state index contributed by atoms with van der Waals surface area (Å²) in [7, 11) is 0. The summed E-state index contributed by atoms with van der Waals surface area (Å²) in [5, 5.41) is 0. The first-order valence-electron chi connectivity index (χ1n) is 9.44. The van der Waals surface area contributed by atoms with E-state index in [2.05, 4.69) is 0 Å². The number of amides is 2. The lowest BCUT2D eigenvalue weighted by atomic mass is 10.1. The zero-order valence-corrected chi connectivity index (χ0v) is 16.2. The monoisotopic (exact) mass is 397 g/mol. The highest BCUT2D eigenvalue weighted by Gasteiger charge is 2.33. The molecule has 0 bridgehead atoms. The normalized spacial score (nSPS) is 11.3. The fraction of sp³-hybridized carbons (Fsp3) is 0.318. The Balaban J connectivity index is 2.06. The predicted molar refractivity (Wildman–Crippen MR) is 107 cm³/mol. The van der Waals surface area contributed by atoms with Gasteiger partial charge in [-0.25, -0.2) is 14.5 Å². The van der Waals surface area contributed by atoms with E-state index in [-0.39, 0.29) is 19.6 Å². The summed E-state index contributed by atoms with van der Waals surface area (Å²) in [6.07, 6.45) is 1.31. The molecule has 0 aliphatic carbocycles. The van der Waals surface area contributed by atoms with Crippen LogP contribution >= 0.6 is 0 Å². The molecule has 2 aromatic carbocycles. The molecule has 2 rings (SSSR count). The van der Waals surface area contributed by atoms with E-state index in [0.29, 0.717) is 24.3 Å². The third kappa shape index (κ3) is 7.38. The average molecular weight is 397 g/mol. The van der Waals surface area contributed by atoms with Gasteiger partial charge in [0.1, 0.15) is 19.3 Å². The molecular formula is C22H25N2O5. The molecule has 0 heterocycles. The molecule has 2 N–H and O–H groups in total. The van der Waals surface area contributed by atoms with Crippen molar-refractivity contribution in [2.24, 2.45) is 5.73 Å². The van der Waals surface area contributed by atoms with Gasteiger partial charge in [-0.3, -0.25) is 4.79 Å². The third-order valence-corrected chi connectivity index (χ3v) is 4.18. The minimum atomic E-state index is -1.10. The third-order valence-electron chi connectivity index (χ3n) is 4.18. The number of rotatable bonds is 10. The lowest BCUT2D eigenvalue weighted by Gasteiger charge is -2.24. The van der Waals surface area contributed by atoms with Gasteiger partial charge in [0.2, 0.25) is 6.29 Å². The van der Waals surface area contributed by atoms with Gasteiger partial charge in [-0.05, 0) is 36.9 Å². The van der Waals surface area contributed by atoms with E-state index in [1.807, 2.05) is 36.4 Å². The van der Waals surface area contributed by atoms with Crippen molar-refractivity contribution in [3.8, 4) is 0 Å². The Kier molecular flexibility index (Phi) is 9.38. The number of imide groups is 1. The van der Waals surface area contributed by atoms with Gasteiger partial charge in [-0.1, -0.05) is 60.7 Å². The van der Waals surface area contributed by atoms with Crippen molar-refractivity contribution in [2.45, 2.75) is 38.5 Å². The summed E-state index contributed by atoms with van der Waals surface area (Å²) in [5.41, 5.74) is 7.00. The molecule has 1 radical (unpaired) electrons. The Labute approximate surface area is 170 Å². The molecule has 0 aliphatic heterocycles. The molecule has 7 heteroatoms. The Morgan fingerprint density at radius 3 is 1.76 bits per heavy atom. The number of carbonyl (C=O) groups excluding carboxylic acids is 3. The minimum Gasteiger partial charge on any atom is -0.444 e. The van der Waals surface area contributed by atoms with Crippen LogP contribution in [0.25, 0.3) is 0 Å². The first-order valence-corrected chi connectivity index (χ1v) is 9.44. The standard InChI is InChI=1S/C22H25N2O5/c23-14-8-7-13-20(15-25)24(21(26)28-16-18-9-3-1-4-10-18)22(27)29-17-19-11-5-2-6-12-19/h1-6,9-12,20H,7-8,13-14,16-17,23H2/t20-/m0/s1. The summed E-state index contributed by atoms with van der Waals surface area (Å²) < 4.78 is 10.5. The quantitative estimate of drug-likeness (QED) is 0.616. The van der Waals surface area contributed by atoms with Gasteiger partial charge in [0, 0.05) is 0 Å². The smallest absolute Gasteiger partial charge is 0.420 e. The SMILES string of the molecule is NCCCC[C@@H]([C]=O)N(C(=O)OCc1ccccc1)C(=O)OCc1ccccc1. The number of hydrogen-bond acceptors (Lipinski definition) is 6. The van der Waals surface area contributed by atoms with Crippen LogP contribution in [-0.2, 0) is 27.5 Å². The van der Waals surface area contributed by atoms with Crippen molar-refractivity contribution in [2.75, 3.05) is 6.54 Å². The van der Waals surface area contributed by atoms with Crippen LogP contribution < -0.4 is 5.73 Å². The van der Waals surface area contributed by atoms with Crippen molar-refractivity contribution >= 4 is 18.5 Å². The largest absolute Gasteiger partial charge is 0.444 e. The highest BCUT2D eigenvalue weighted by molar-refractivity contribution is 5.91. The Morgan fingerprint density at radius 2 is 1.34 bits per heavy atom. The molecule has 0 fully saturated rings. The summed E-state index contributed by atoms with van der Waals surface area (Å²) in [4.78, 5) is 37.4. The number of carbonyl (C=O) groups is 2. The highest BCUT2D eigenvalue weighted by atomic mass is 16.6. The van der Waals surface area contributed by atoms with E-state index in [0.717, 1.165) is 11.1 Å². The lowest BCUT2D eigenvalue weighted by Crippen LogP contribution is -2.46. The molecule has 2 amide bonds. The number of ether oxygens (including phenoxy) is 2. The summed E-state index contributed by atoms with van der Waals surface area (Å²) in [6.45, 7) is 0.384. The zero-order chi connectivity index (χ0) is 20.9. The van der Waals surface area contributed by atoms with Gasteiger partial charge in [0.05, 0.1) is 0 Å². The van der Waals surface area contributed by atoms with Gasteiger partial charge in [0.25, 0.3) is 0 Å². The van der Waals surface area contributed by atoms with Crippen molar-refractivity contribution in [1.29, 1.82) is 0 Å². The van der Waals surface area contributed by atoms with Crippen LogP contribution in [0.1, 0.15) is 30.4 Å². The Hall–Kier alpha value is -3.19. The number of nitrogens with two attached hydrogens (primary N) is 1. The topological polar surface area (TPSA) is 98.9 Å². The predicted octanol–water partition coefficient (Wildman–Crippen LogP) is 3.57. The molecule has 0 saturated carbocycles. The zero-order valence-electron chi connectivity index (χ0n) is 16.2. The second-order valence-corrected chi connectivity index (χ2v) is 6.37. The minimum absolute atomic E-state index is 0.0312. The van der Waals surface area contributed by atoms with Crippen molar-refractivity contribution in [3.63, 3.8) is 0 Å². The van der Waals surface area contributed by atoms with Crippen molar-refractivity contribution in [3.05, 3.63) is 71.8 Å². The van der Waals surface area contributed by atoms with E-state index >= 15 is 0 Å². The van der Waals surface area contributed by atoms with Crippen molar-refractivity contribution < 1.29 is 23.9 Å². The van der Waals surface area contributed by atoms with E-state index < -0.39 is 18.2 Å². The van der Waals surface area contributed by atoms with E-state index in [1.165, 1.54) is 0 Å². The number of hydrogen-bond donors (Lipinski definition) is 1. The van der Waals surface area contributed by atoms with Crippen LogP contribution in [0, 0.1) is 0 Å². The molecular weight excluding hydrogens is 372 g/mol. The molecule has 153 valence electrons. The second-order valence-electron chi connectivity index (χ2n) is 6.37. The van der Waals surface area contributed by atoms with Crippen LogP contribution in [-0.4, -0.2) is 36.0 Å². The van der Waals surface area contributed by atoms with E-state index in [1.54, 1.807) is 30.6 Å². The molecule has 29 heavy (non-hydrogen) atoms. The fourth-order valence-electron chi connectivity index (χ4n) is 2.63. The van der Waals surface area contributed by atoms with Crippen LogP contribution in [0.3, 0.4) is 0 Å². The maximum absolute atomic E-state index is 12.6. The molecule has 7 nitrogen and oxygen atoms in total. The maximum atomic E-state index is 12.6. The van der Waals surface area contributed by atoms with Gasteiger partial charge >= 0.3 is 12.2 Å². The highest BCUT2D eigenvalue weighted by Crippen LogP contribution is 2.14. The van der Waals surface area contributed by atoms with Gasteiger partial charge in [-0.15, -0.1) is 0 Å². The summed E-state index contributed by atoms with van der Waals surface area (Å²) in [6, 6.07) is 17.0. The summed E-state index contributed by atoms with van der Waals surface area (Å²) in [5.74, 6) is 0. The van der Waals surface area contributed by atoms with Crippen LogP contribution in [0.4, 0.5) is 9.59 Å². The van der Waals surface area contributed by atoms with Crippen molar-refractivity contribution in [1.82, 2.24) is 4.90 Å². The molecule has 0 spiro atoms. The maximum Gasteiger partial charge on any atom is 0.420 e. The molecule has 0 aliphatic rings. The number of nitrogens with zero attached hydrogens (tertiary/aromatic N) is 1. The first-order chi connectivity index (χ1) is 14.2. The fourth-order valence-corrected chi connectivity index (χ4v) is 2.63. The van der Waals surface area contributed by atoms with Crippen LogP contribution in [0.5, 0.6) is 0 Å². The molecule has 0 unspecified atom stereocenters. The summed E-state index contributed by atoms with van der Waals surface area (Å²) >= 11 is 0. The Bertz CT molecular complexity index is 712. The molecule has 2 aromatic rings. The average Bonchev–Trinajstić information content (AvgIpc) is 2.77. The van der Waals surface area contributed by atoms with Gasteiger partial charge < -0.3 is 15.2 Å². The lowest BCUT2D eigenvalue weighted by molar-refractivity contribution is 0.0626. The van der Waals surface area contributed by atoms with Gasteiger partial charge in [0.15, 0.2) is 0 Å². The first kappa shape index (κ1) is 22.1. The van der Waals surface area contributed by atoms with Crippen LogP contribution in [0.15, 0.2) is 60.7 Å². The Morgan fingerprint density at radius 1 is 0.862 bits per heavy atom. The van der Waals surface area contributed by atoms with Crippen LogP contribution in [0.2, 0.25) is 0 Å². The second kappa shape index (κ2) is 12.3. The molecule has 0 saturated heterocycles. The van der Waals surface area contributed by atoms with E-state index in [9.17, 15) is 14.4 Å².